The maximum atomic E-state index is 11.5. The number of thiophene rings is 1. The van der Waals surface area contributed by atoms with Crippen molar-refractivity contribution in [3.05, 3.63) is 51.2 Å². The van der Waals surface area contributed by atoms with Crippen molar-refractivity contribution < 1.29 is 9.90 Å². The molecule has 0 spiro atoms. The van der Waals surface area contributed by atoms with Crippen LogP contribution in [-0.4, -0.2) is 11.0 Å². The van der Waals surface area contributed by atoms with Crippen molar-refractivity contribution in [3.63, 3.8) is 0 Å². The van der Waals surface area contributed by atoms with Crippen LogP contribution in [0.25, 0.3) is 0 Å². The van der Waals surface area contributed by atoms with Gasteiger partial charge in [0, 0.05) is 11.4 Å². The average molecular weight is 297 g/mol. The molecular formula is C13H13ClN2O2S. The van der Waals surface area contributed by atoms with E-state index in [9.17, 15) is 9.90 Å². The number of hydrogen-bond donors (Lipinski definition) is 3. The van der Waals surface area contributed by atoms with Crippen molar-refractivity contribution in [1.29, 1.82) is 0 Å². The Morgan fingerprint density at radius 3 is 2.84 bits per heavy atom. The summed E-state index contributed by atoms with van der Waals surface area (Å²) in [5.74, 6) is -0.509. The Balaban J connectivity index is 2.15. The quantitative estimate of drug-likeness (QED) is 0.793. The van der Waals surface area contributed by atoms with Gasteiger partial charge in [0.05, 0.1) is 5.02 Å². The molecule has 0 fully saturated rings. The summed E-state index contributed by atoms with van der Waals surface area (Å²) < 4.78 is 0. The van der Waals surface area contributed by atoms with Crippen LogP contribution >= 0.6 is 22.9 Å². The highest BCUT2D eigenvalue weighted by Crippen LogP contribution is 2.26. The fourth-order valence-electron chi connectivity index (χ4n) is 1.70. The number of halogens is 1. The second-order valence-electron chi connectivity index (χ2n) is 4.01. The topological polar surface area (TPSA) is 75.4 Å². The summed E-state index contributed by atoms with van der Waals surface area (Å²) in [4.78, 5) is 12.6. The first-order valence-corrected chi connectivity index (χ1v) is 6.87. The average Bonchev–Trinajstić information content (AvgIpc) is 2.86. The van der Waals surface area contributed by atoms with E-state index in [0.717, 1.165) is 4.88 Å². The summed E-state index contributed by atoms with van der Waals surface area (Å²) in [6.45, 7) is 0.545. The Morgan fingerprint density at radius 2 is 2.26 bits per heavy atom. The zero-order chi connectivity index (χ0) is 13.8. The van der Waals surface area contributed by atoms with Crippen LogP contribution in [-0.2, 0) is 11.3 Å². The second kappa shape index (κ2) is 6.06. The first-order chi connectivity index (χ1) is 9.08. The van der Waals surface area contributed by atoms with E-state index in [1.807, 2.05) is 17.5 Å². The molecule has 1 atom stereocenters. The second-order valence-corrected chi connectivity index (χ2v) is 5.45. The maximum absolute atomic E-state index is 11.5. The Labute approximate surface area is 119 Å². The zero-order valence-electron chi connectivity index (χ0n) is 9.97. The minimum Gasteiger partial charge on any atom is -0.506 e. The van der Waals surface area contributed by atoms with Gasteiger partial charge >= 0.3 is 0 Å². The molecule has 0 radical (unpaired) electrons. The van der Waals surface area contributed by atoms with E-state index in [1.54, 1.807) is 17.4 Å². The lowest BCUT2D eigenvalue weighted by Gasteiger charge is -2.16. The van der Waals surface area contributed by atoms with E-state index in [1.165, 1.54) is 12.1 Å². The molecular weight excluding hydrogens is 284 g/mol. The van der Waals surface area contributed by atoms with E-state index >= 15 is 0 Å². The molecule has 0 saturated heterocycles. The number of phenolic OH excluding ortho intramolecular Hbond substituents is 1. The minimum atomic E-state index is -0.639. The van der Waals surface area contributed by atoms with Crippen LogP contribution in [0.15, 0.2) is 35.7 Å². The van der Waals surface area contributed by atoms with Gasteiger partial charge in [-0.15, -0.1) is 11.3 Å². The third kappa shape index (κ3) is 3.47. The fourth-order valence-corrected chi connectivity index (χ4v) is 2.55. The summed E-state index contributed by atoms with van der Waals surface area (Å²) in [5.41, 5.74) is 6.02. The summed E-state index contributed by atoms with van der Waals surface area (Å²) in [6.07, 6.45) is 0. The van der Waals surface area contributed by atoms with Crippen molar-refractivity contribution in [1.82, 2.24) is 5.32 Å². The standard InChI is InChI=1S/C13H13ClN2O2S/c14-10-6-8(3-4-11(10)17)12(13(15)18)16-7-9-2-1-5-19-9/h1-6,12,16-17H,7H2,(H2,15,18). The lowest BCUT2D eigenvalue weighted by Crippen LogP contribution is -2.33. The van der Waals surface area contributed by atoms with Crippen molar-refractivity contribution in [3.8, 4) is 5.75 Å². The van der Waals surface area contributed by atoms with Crippen molar-refractivity contribution in [2.45, 2.75) is 12.6 Å². The van der Waals surface area contributed by atoms with Crippen LogP contribution in [0.4, 0.5) is 0 Å². The van der Waals surface area contributed by atoms with Gasteiger partial charge in [0.2, 0.25) is 5.91 Å². The van der Waals surface area contributed by atoms with Crippen LogP contribution in [0.2, 0.25) is 5.02 Å². The normalized spacial score (nSPS) is 12.3. The van der Waals surface area contributed by atoms with E-state index < -0.39 is 11.9 Å². The van der Waals surface area contributed by atoms with Gasteiger partial charge < -0.3 is 10.8 Å². The van der Waals surface area contributed by atoms with Gasteiger partial charge in [0.25, 0.3) is 0 Å². The molecule has 1 aromatic carbocycles. The van der Waals surface area contributed by atoms with Gasteiger partial charge in [-0.1, -0.05) is 23.7 Å². The molecule has 100 valence electrons. The number of rotatable bonds is 5. The number of nitrogens with one attached hydrogen (secondary N) is 1. The predicted molar refractivity (Wildman–Crippen MR) is 76.2 cm³/mol. The number of nitrogens with two attached hydrogens (primary N) is 1. The third-order valence-corrected chi connectivity index (χ3v) is 3.83. The zero-order valence-corrected chi connectivity index (χ0v) is 11.5. The molecule has 4 nitrogen and oxygen atoms in total. The molecule has 19 heavy (non-hydrogen) atoms. The number of phenols is 1. The molecule has 1 aromatic heterocycles. The molecule has 1 unspecified atom stereocenters. The van der Waals surface area contributed by atoms with Crippen LogP contribution in [0.1, 0.15) is 16.5 Å². The fraction of sp³-hybridized carbons (Fsp3) is 0.154. The summed E-state index contributed by atoms with van der Waals surface area (Å²) in [6, 6.07) is 7.88. The highest BCUT2D eigenvalue weighted by atomic mass is 35.5. The molecule has 1 heterocycles. The summed E-state index contributed by atoms with van der Waals surface area (Å²) >= 11 is 7.43. The van der Waals surface area contributed by atoms with Gasteiger partial charge in [-0.2, -0.15) is 0 Å². The molecule has 4 N–H and O–H groups in total. The molecule has 0 bridgehead atoms. The summed E-state index contributed by atoms with van der Waals surface area (Å²) in [5, 5.41) is 14.6. The monoisotopic (exact) mass is 296 g/mol. The number of carbonyl (C=O) groups is 1. The maximum Gasteiger partial charge on any atom is 0.239 e. The smallest absolute Gasteiger partial charge is 0.239 e. The van der Waals surface area contributed by atoms with Crippen molar-refractivity contribution >= 4 is 28.8 Å². The third-order valence-electron chi connectivity index (χ3n) is 2.65. The SMILES string of the molecule is NC(=O)C(NCc1cccs1)c1ccc(O)c(Cl)c1. The summed E-state index contributed by atoms with van der Waals surface area (Å²) in [7, 11) is 0. The van der Waals surface area contributed by atoms with Gasteiger partial charge in [0.1, 0.15) is 11.8 Å². The molecule has 1 amide bonds. The Morgan fingerprint density at radius 1 is 1.47 bits per heavy atom. The van der Waals surface area contributed by atoms with E-state index in [4.69, 9.17) is 17.3 Å². The first-order valence-electron chi connectivity index (χ1n) is 5.61. The molecule has 6 heteroatoms. The van der Waals surface area contributed by atoms with Gasteiger partial charge in [-0.25, -0.2) is 0 Å². The molecule has 0 aliphatic heterocycles. The molecule has 0 saturated carbocycles. The first kappa shape index (κ1) is 13.9. The lowest BCUT2D eigenvalue weighted by molar-refractivity contribution is -0.120. The lowest BCUT2D eigenvalue weighted by atomic mass is 10.1. The highest BCUT2D eigenvalue weighted by molar-refractivity contribution is 7.09. The number of hydrogen-bond acceptors (Lipinski definition) is 4. The number of benzene rings is 1. The van der Waals surface area contributed by atoms with Gasteiger partial charge in [0.15, 0.2) is 0 Å². The number of amides is 1. The number of primary amides is 1. The number of carbonyl (C=O) groups excluding carboxylic acids is 1. The van der Waals surface area contributed by atoms with Gasteiger partial charge in [-0.3, -0.25) is 10.1 Å². The molecule has 2 rings (SSSR count). The Kier molecular flexibility index (Phi) is 4.42. The van der Waals surface area contributed by atoms with E-state index in [0.29, 0.717) is 12.1 Å². The van der Waals surface area contributed by atoms with Gasteiger partial charge in [-0.05, 0) is 29.1 Å². The largest absolute Gasteiger partial charge is 0.506 e. The van der Waals surface area contributed by atoms with Crippen LogP contribution < -0.4 is 11.1 Å². The minimum absolute atomic E-state index is 0.0214. The van der Waals surface area contributed by atoms with Crippen LogP contribution in [0, 0.1) is 0 Å². The predicted octanol–water partition coefficient (Wildman–Crippen LogP) is 2.42. The highest BCUT2D eigenvalue weighted by Gasteiger charge is 2.18. The Hall–Kier alpha value is -1.56. The van der Waals surface area contributed by atoms with Crippen LogP contribution in [0.3, 0.4) is 0 Å². The molecule has 0 aliphatic rings. The van der Waals surface area contributed by atoms with Crippen molar-refractivity contribution in [2.75, 3.05) is 0 Å². The number of aromatic hydroxyl groups is 1. The van der Waals surface area contributed by atoms with E-state index in [-0.39, 0.29) is 10.8 Å². The Bertz CT molecular complexity index is 572. The molecule has 2 aromatic rings. The van der Waals surface area contributed by atoms with Crippen molar-refractivity contribution in [2.24, 2.45) is 5.73 Å². The van der Waals surface area contributed by atoms with Crippen LogP contribution in [0.5, 0.6) is 5.75 Å². The van der Waals surface area contributed by atoms with E-state index in [2.05, 4.69) is 5.32 Å². The molecule has 0 aliphatic carbocycles.